The van der Waals surface area contributed by atoms with Crippen LogP contribution in [0.1, 0.15) is 11.1 Å². The minimum Gasteiger partial charge on any atom is -0.325 e. The third-order valence-electron chi connectivity index (χ3n) is 4.81. The van der Waals surface area contributed by atoms with Crippen LogP contribution in [0.5, 0.6) is 0 Å². The van der Waals surface area contributed by atoms with Gasteiger partial charge in [0.05, 0.1) is 11.3 Å². The van der Waals surface area contributed by atoms with Crippen molar-refractivity contribution in [1.29, 1.82) is 0 Å². The van der Waals surface area contributed by atoms with Crippen molar-refractivity contribution in [2.45, 2.75) is 25.5 Å². The minimum atomic E-state index is -0.144. The van der Waals surface area contributed by atoms with E-state index in [0.29, 0.717) is 21.9 Å². The Morgan fingerprint density at radius 3 is 2.56 bits per heavy atom. The molecule has 162 valence electrons. The quantitative estimate of drug-likeness (QED) is 0.219. The molecule has 0 aliphatic rings. The number of benzene rings is 2. The molecule has 1 amide bonds. The van der Waals surface area contributed by atoms with E-state index >= 15 is 0 Å². The monoisotopic (exact) mass is 461 g/mol. The molecule has 4 aromatic rings. The van der Waals surface area contributed by atoms with Gasteiger partial charge in [0.25, 0.3) is 5.56 Å². The number of nitrogens with one attached hydrogen (secondary N) is 1. The smallest absolute Gasteiger partial charge is 0.272 e. The Bertz CT molecular complexity index is 1340. The third kappa shape index (κ3) is 4.84. The number of anilines is 1. The Balaban J connectivity index is 1.60. The van der Waals surface area contributed by atoms with Gasteiger partial charge in [-0.3, -0.25) is 14.2 Å². The van der Waals surface area contributed by atoms with Crippen LogP contribution in [0, 0.1) is 13.8 Å². The standard InChI is InChI=1S/C25H23N3O2S2/c1-4-10-28-24(30)23-20(14-21(32-23)18-8-6-5-7-9-18)27-25(28)31-15-22(29)26-19-12-16(2)11-17(3)13-19/h4-9,11-14H,1,10,15H2,2-3H3,(H,26,29). The summed E-state index contributed by atoms with van der Waals surface area (Å²) in [6.07, 6.45) is 1.67. The van der Waals surface area contributed by atoms with Gasteiger partial charge in [0.15, 0.2) is 5.16 Å². The molecular weight excluding hydrogens is 438 g/mol. The molecule has 0 atom stereocenters. The summed E-state index contributed by atoms with van der Waals surface area (Å²) in [5.74, 6) is 0.00684. The number of allylic oxidation sites excluding steroid dienone is 1. The number of aromatic nitrogens is 2. The van der Waals surface area contributed by atoms with E-state index in [4.69, 9.17) is 4.98 Å². The first kappa shape index (κ1) is 22.0. The molecule has 2 heterocycles. The summed E-state index contributed by atoms with van der Waals surface area (Å²) in [5, 5.41) is 3.44. The SMILES string of the molecule is C=CCn1c(SCC(=O)Nc2cc(C)cc(C)c2)nc2cc(-c3ccccc3)sc2c1=O. The van der Waals surface area contributed by atoms with Crippen molar-refractivity contribution in [3.05, 3.63) is 88.7 Å². The van der Waals surface area contributed by atoms with Crippen molar-refractivity contribution < 1.29 is 4.79 Å². The molecule has 0 aliphatic carbocycles. The average Bonchev–Trinajstić information content (AvgIpc) is 3.19. The summed E-state index contributed by atoms with van der Waals surface area (Å²) in [7, 11) is 0. The third-order valence-corrected chi connectivity index (χ3v) is 6.94. The minimum absolute atomic E-state index is 0.112. The molecule has 0 unspecified atom stereocenters. The van der Waals surface area contributed by atoms with Crippen LogP contribution in [0.3, 0.4) is 0 Å². The van der Waals surface area contributed by atoms with Crippen LogP contribution < -0.4 is 10.9 Å². The molecule has 7 heteroatoms. The zero-order valence-corrected chi connectivity index (χ0v) is 19.6. The van der Waals surface area contributed by atoms with Gasteiger partial charge in [-0.25, -0.2) is 4.98 Å². The molecule has 4 rings (SSSR count). The lowest BCUT2D eigenvalue weighted by molar-refractivity contribution is -0.113. The van der Waals surface area contributed by atoms with Crippen LogP contribution in [0.4, 0.5) is 5.69 Å². The first-order chi connectivity index (χ1) is 15.4. The fraction of sp³-hybridized carbons (Fsp3) is 0.160. The summed E-state index contributed by atoms with van der Waals surface area (Å²) in [6.45, 7) is 8.09. The predicted octanol–water partition coefficient (Wildman–Crippen LogP) is 5.66. The van der Waals surface area contributed by atoms with Gasteiger partial charge in [-0.05, 0) is 48.7 Å². The molecule has 1 N–H and O–H groups in total. The van der Waals surface area contributed by atoms with Gasteiger partial charge in [0.2, 0.25) is 5.91 Å². The van der Waals surface area contributed by atoms with E-state index in [1.165, 1.54) is 23.1 Å². The van der Waals surface area contributed by atoms with Gasteiger partial charge in [-0.1, -0.05) is 54.2 Å². The zero-order chi connectivity index (χ0) is 22.7. The van der Waals surface area contributed by atoms with Gasteiger partial charge < -0.3 is 5.32 Å². The second-order valence-corrected chi connectivity index (χ2v) is 9.50. The molecule has 2 aromatic heterocycles. The Kier molecular flexibility index (Phi) is 6.58. The second kappa shape index (κ2) is 9.54. The van der Waals surface area contributed by atoms with Crippen LogP contribution in [0.15, 0.2) is 77.2 Å². The van der Waals surface area contributed by atoms with Crippen molar-refractivity contribution in [3.8, 4) is 10.4 Å². The first-order valence-electron chi connectivity index (χ1n) is 10.2. The van der Waals surface area contributed by atoms with Crippen molar-refractivity contribution >= 4 is 44.9 Å². The number of carbonyl (C=O) groups is 1. The van der Waals surface area contributed by atoms with Gasteiger partial charge in [0.1, 0.15) is 4.70 Å². The first-order valence-corrected chi connectivity index (χ1v) is 12.0. The molecule has 0 saturated carbocycles. The maximum atomic E-state index is 13.2. The molecular formula is C25H23N3O2S2. The number of aryl methyl sites for hydroxylation is 2. The molecule has 0 aliphatic heterocycles. The summed E-state index contributed by atoms with van der Waals surface area (Å²) in [4.78, 5) is 31.4. The van der Waals surface area contributed by atoms with E-state index in [2.05, 4.69) is 18.0 Å². The highest BCUT2D eigenvalue weighted by atomic mass is 32.2. The Labute approximate surface area is 194 Å². The van der Waals surface area contributed by atoms with Gasteiger partial charge in [-0.2, -0.15) is 0 Å². The van der Waals surface area contributed by atoms with Crippen LogP contribution in [0.25, 0.3) is 20.7 Å². The molecule has 0 radical (unpaired) electrons. The predicted molar refractivity (Wildman–Crippen MR) is 135 cm³/mol. The van der Waals surface area contributed by atoms with E-state index in [1.807, 2.05) is 62.4 Å². The number of nitrogens with zero attached hydrogens (tertiary/aromatic N) is 2. The van der Waals surface area contributed by atoms with Gasteiger partial charge >= 0.3 is 0 Å². The maximum Gasteiger partial charge on any atom is 0.272 e. The number of hydrogen-bond donors (Lipinski definition) is 1. The zero-order valence-electron chi connectivity index (χ0n) is 17.9. The lowest BCUT2D eigenvalue weighted by Crippen LogP contribution is -2.23. The Morgan fingerprint density at radius 2 is 1.88 bits per heavy atom. The molecule has 32 heavy (non-hydrogen) atoms. The van der Waals surface area contributed by atoms with Crippen molar-refractivity contribution in [3.63, 3.8) is 0 Å². The molecule has 0 fully saturated rings. The van der Waals surface area contributed by atoms with Crippen LogP contribution >= 0.6 is 23.1 Å². The number of thioether (sulfide) groups is 1. The van der Waals surface area contributed by atoms with Crippen LogP contribution in [-0.4, -0.2) is 21.2 Å². The van der Waals surface area contributed by atoms with Crippen molar-refractivity contribution in [2.75, 3.05) is 11.1 Å². The van der Waals surface area contributed by atoms with E-state index in [1.54, 1.807) is 10.6 Å². The average molecular weight is 462 g/mol. The van der Waals surface area contributed by atoms with E-state index in [9.17, 15) is 9.59 Å². The largest absolute Gasteiger partial charge is 0.325 e. The van der Waals surface area contributed by atoms with Crippen molar-refractivity contribution in [1.82, 2.24) is 9.55 Å². The normalized spacial score (nSPS) is 10.9. The summed E-state index contributed by atoms with van der Waals surface area (Å²) in [6, 6.07) is 17.8. The summed E-state index contributed by atoms with van der Waals surface area (Å²) in [5.41, 5.74) is 4.53. The summed E-state index contributed by atoms with van der Waals surface area (Å²) < 4.78 is 2.18. The lowest BCUT2D eigenvalue weighted by Gasteiger charge is -2.11. The van der Waals surface area contributed by atoms with Gasteiger partial charge in [-0.15, -0.1) is 17.9 Å². The van der Waals surface area contributed by atoms with E-state index in [0.717, 1.165) is 27.3 Å². The fourth-order valence-corrected chi connectivity index (χ4v) is 5.37. The number of amides is 1. The number of rotatable bonds is 7. The Hall–Kier alpha value is -3.16. The Morgan fingerprint density at radius 1 is 1.16 bits per heavy atom. The van der Waals surface area contributed by atoms with Gasteiger partial charge in [0, 0.05) is 17.1 Å². The van der Waals surface area contributed by atoms with E-state index in [-0.39, 0.29) is 17.2 Å². The van der Waals surface area contributed by atoms with E-state index < -0.39 is 0 Å². The number of thiophene rings is 1. The maximum absolute atomic E-state index is 13.2. The number of hydrogen-bond acceptors (Lipinski definition) is 5. The lowest BCUT2D eigenvalue weighted by atomic mass is 10.1. The molecule has 0 bridgehead atoms. The second-order valence-electron chi connectivity index (χ2n) is 7.50. The highest BCUT2D eigenvalue weighted by Crippen LogP contribution is 2.32. The summed E-state index contributed by atoms with van der Waals surface area (Å²) >= 11 is 2.69. The van der Waals surface area contributed by atoms with Crippen molar-refractivity contribution in [2.24, 2.45) is 0 Å². The molecule has 5 nitrogen and oxygen atoms in total. The number of carbonyl (C=O) groups excluding carboxylic acids is 1. The molecule has 2 aromatic carbocycles. The fourth-order valence-electron chi connectivity index (χ4n) is 3.51. The van der Waals surface area contributed by atoms with Crippen LogP contribution in [0.2, 0.25) is 0 Å². The topological polar surface area (TPSA) is 64.0 Å². The molecule has 0 spiro atoms. The highest BCUT2D eigenvalue weighted by Gasteiger charge is 2.16. The van der Waals surface area contributed by atoms with Crippen LogP contribution in [-0.2, 0) is 11.3 Å². The number of fused-ring (bicyclic) bond motifs is 1. The highest BCUT2D eigenvalue weighted by molar-refractivity contribution is 7.99. The molecule has 0 saturated heterocycles.